The van der Waals surface area contributed by atoms with Gasteiger partial charge in [0.15, 0.2) is 0 Å². The van der Waals surface area contributed by atoms with E-state index in [-0.39, 0.29) is 19.8 Å². The van der Waals surface area contributed by atoms with Gasteiger partial charge in [-0.3, -0.25) is 0 Å². The van der Waals surface area contributed by atoms with Crippen LogP contribution in [0.4, 0.5) is 4.79 Å². The van der Waals surface area contributed by atoms with Gasteiger partial charge in [-0.2, -0.15) is 0 Å². The molecule has 0 aromatic heterocycles. The molecule has 0 aliphatic heterocycles. The molecular formula is C16H21NO5. The number of rotatable bonds is 9. The molecule has 0 saturated carbocycles. The SMILES string of the molecule is C=CC(=O)OCCNC(=O)OCCCOc1ccc(C)cc1. The number of nitrogens with one attached hydrogen (secondary N) is 1. The van der Waals surface area contributed by atoms with Gasteiger partial charge in [-0.05, 0) is 19.1 Å². The van der Waals surface area contributed by atoms with Crippen molar-refractivity contribution in [2.45, 2.75) is 13.3 Å². The van der Waals surface area contributed by atoms with E-state index in [1.807, 2.05) is 31.2 Å². The maximum absolute atomic E-state index is 11.3. The van der Waals surface area contributed by atoms with Crippen LogP contribution in [0.1, 0.15) is 12.0 Å². The van der Waals surface area contributed by atoms with Crippen molar-refractivity contribution < 1.29 is 23.8 Å². The van der Waals surface area contributed by atoms with E-state index in [9.17, 15) is 9.59 Å². The molecule has 0 aliphatic carbocycles. The van der Waals surface area contributed by atoms with Gasteiger partial charge in [0, 0.05) is 12.5 Å². The minimum atomic E-state index is -0.551. The van der Waals surface area contributed by atoms with Crippen molar-refractivity contribution in [3.63, 3.8) is 0 Å². The Hall–Kier alpha value is -2.50. The third-order valence-corrected chi connectivity index (χ3v) is 2.59. The number of aryl methyl sites for hydroxylation is 1. The summed E-state index contributed by atoms with van der Waals surface area (Å²) < 4.78 is 15.1. The Bertz CT molecular complexity index is 484. The molecule has 0 unspecified atom stereocenters. The van der Waals surface area contributed by atoms with E-state index < -0.39 is 12.1 Å². The van der Waals surface area contributed by atoms with Gasteiger partial charge in [0.05, 0.1) is 19.8 Å². The van der Waals surface area contributed by atoms with E-state index in [1.54, 1.807) is 0 Å². The highest BCUT2D eigenvalue weighted by Crippen LogP contribution is 2.11. The second-order valence-electron chi connectivity index (χ2n) is 4.45. The van der Waals surface area contributed by atoms with Crippen molar-refractivity contribution in [3.05, 3.63) is 42.5 Å². The molecule has 6 nitrogen and oxygen atoms in total. The van der Waals surface area contributed by atoms with Gasteiger partial charge in [-0.15, -0.1) is 0 Å². The van der Waals surface area contributed by atoms with E-state index in [0.29, 0.717) is 13.0 Å². The second-order valence-corrected chi connectivity index (χ2v) is 4.45. The van der Waals surface area contributed by atoms with Crippen LogP contribution in [-0.4, -0.2) is 38.4 Å². The third kappa shape index (κ3) is 7.94. The number of esters is 1. The van der Waals surface area contributed by atoms with Crippen molar-refractivity contribution in [1.82, 2.24) is 5.32 Å². The first-order chi connectivity index (χ1) is 10.6. The van der Waals surface area contributed by atoms with Crippen LogP contribution in [0.2, 0.25) is 0 Å². The minimum absolute atomic E-state index is 0.0798. The molecule has 6 heteroatoms. The van der Waals surface area contributed by atoms with Gasteiger partial charge in [-0.1, -0.05) is 24.3 Å². The zero-order chi connectivity index (χ0) is 16.2. The zero-order valence-corrected chi connectivity index (χ0v) is 12.7. The molecular weight excluding hydrogens is 286 g/mol. The molecule has 0 heterocycles. The van der Waals surface area contributed by atoms with Gasteiger partial charge >= 0.3 is 12.1 Å². The number of benzene rings is 1. The normalized spacial score (nSPS) is 9.68. The molecule has 1 amide bonds. The number of alkyl carbamates (subject to hydrolysis) is 1. The monoisotopic (exact) mass is 307 g/mol. The highest BCUT2D eigenvalue weighted by molar-refractivity contribution is 5.81. The number of amides is 1. The van der Waals surface area contributed by atoms with Crippen molar-refractivity contribution in [3.8, 4) is 5.75 Å². The predicted octanol–water partition coefficient (Wildman–Crippen LogP) is 2.22. The molecule has 0 fully saturated rings. The van der Waals surface area contributed by atoms with Gasteiger partial charge < -0.3 is 19.5 Å². The van der Waals surface area contributed by atoms with Gasteiger partial charge in [-0.25, -0.2) is 9.59 Å². The van der Waals surface area contributed by atoms with Crippen LogP contribution < -0.4 is 10.1 Å². The summed E-state index contributed by atoms with van der Waals surface area (Å²) in [7, 11) is 0. The smallest absolute Gasteiger partial charge is 0.407 e. The Morgan fingerprint density at radius 1 is 1.14 bits per heavy atom. The van der Waals surface area contributed by atoms with Crippen LogP contribution in [0.5, 0.6) is 5.75 Å². The first-order valence-corrected chi connectivity index (χ1v) is 7.01. The van der Waals surface area contributed by atoms with Gasteiger partial charge in [0.25, 0.3) is 0 Å². The van der Waals surface area contributed by atoms with Crippen molar-refractivity contribution >= 4 is 12.1 Å². The zero-order valence-electron chi connectivity index (χ0n) is 12.7. The van der Waals surface area contributed by atoms with E-state index >= 15 is 0 Å². The van der Waals surface area contributed by atoms with Crippen molar-refractivity contribution in [2.75, 3.05) is 26.4 Å². The molecule has 0 bridgehead atoms. The van der Waals surface area contributed by atoms with Crippen LogP contribution in [0.15, 0.2) is 36.9 Å². The molecule has 1 aromatic carbocycles. The third-order valence-electron chi connectivity index (χ3n) is 2.59. The average molecular weight is 307 g/mol. The molecule has 0 radical (unpaired) electrons. The summed E-state index contributed by atoms with van der Waals surface area (Å²) in [5.74, 6) is 0.266. The fourth-order valence-corrected chi connectivity index (χ4v) is 1.46. The summed E-state index contributed by atoms with van der Waals surface area (Å²) in [4.78, 5) is 22.0. The maximum Gasteiger partial charge on any atom is 0.407 e. The van der Waals surface area contributed by atoms with Crippen molar-refractivity contribution in [2.24, 2.45) is 0 Å². The standard InChI is InChI=1S/C16H21NO5/c1-3-15(18)21-12-9-17-16(19)22-11-4-10-20-14-7-5-13(2)6-8-14/h3,5-8H,1,4,9-12H2,2H3,(H,17,19). The topological polar surface area (TPSA) is 73.9 Å². The predicted molar refractivity (Wildman–Crippen MR) is 81.8 cm³/mol. The number of carbonyl (C=O) groups excluding carboxylic acids is 2. The summed E-state index contributed by atoms with van der Waals surface area (Å²) in [5.41, 5.74) is 1.17. The lowest BCUT2D eigenvalue weighted by molar-refractivity contribution is -0.137. The van der Waals surface area contributed by atoms with E-state index in [4.69, 9.17) is 14.2 Å². The lowest BCUT2D eigenvalue weighted by atomic mass is 10.2. The Balaban J connectivity index is 1.99. The molecule has 1 rings (SSSR count). The fraction of sp³-hybridized carbons (Fsp3) is 0.375. The summed E-state index contributed by atoms with van der Waals surface area (Å²) in [6, 6.07) is 7.73. The summed E-state index contributed by atoms with van der Waals surface area (Å²) in [5, 5.41) is 2.46. The lowest BCUT2D eigenvalue weighted by Crippen LogP contribution is -2.29. The van der Waals surface area contributed by atoms with Crippen LogP contribution in [0, 0.1) is 6.92 Å². The molecule has 0 atom stereocenters. The number of carbonyl (C=O) groups is 2. The molecule has 0 aliphatic rings. The van der Waals surface area contributed by atoms with Gasteiger partial charge in [0.2, 0.25) is 0 Å². The largest absolute Gasteiger partial charge is 0.493 e. The minimum Gasteiger partial charge on any atom is -0.493 e. The lowest BCUT2D eigenvalue weighted by Gasteiger charge is -2.08. The molecule has 1 N–H and O–H groups in total. The van der Waals surface area contributed by atoms with E-state index in [1.165, 1.54) is 5.56 Å². The van der Waals surface area contributed by atoms with Crippen LogP contribution >= 0.6 is 0 Å². The Morgan fingerprint density at radius 3 is 2.55 bits per heavy atom. The average Bonchev–Trinajstić information content (AvgIpc) is 2.52. The van der Waals surface area contributed by atoms with E-state index in [2.05, 4.69) is 11.9 Å². The second kappa shape index (κ2) is 10.3. The summed E-state index contributed by atoms with van der Waals surface area (Å²) in [6.07, 6.45) is 1.10. The van der Waals surface area contributed by atoms with Crippen molar-refractivity contribution in [1.29, 1.82) is 0 Å². The summed E-state index contributed by atoms with van der Waals surface area (Å²) >= 11 is 0. The highest BCUT2D eigenvalue weighted by atomic mass is 16.6. The molecule has 22 heavy (non-hydrogen) atoms. The summed E-state index contributed by atoms with van der Waals surface area (Å²) in [6.45, 7) is 6.26. The number of hydrogen-bond acceptors (Lipinski definition) is 5. The maximum atomic E-state index is 11.3. The Kier molecular flexibility index (Phi) is 8.18. The quantitative estimate of drug-likeness (QED) is 0.430. The first-order valence-electron chi connectivity index (χ1n) is 7.01. The van der Waals surface area contributed by atoms with Crippen LogP contribution in [-0.2, 0) is 14.3 Å². The van der Waals surface area contributed by atoms with Crippen LogP contribution in [0.25, 0.3) is 0 Å². The van der Waals surface area contributed by atoms with Gasteiger partial charge in [0.1, 0.15) is 12.4 Å². The molecule has 1 aromatic rings. The fourth-order valence-electron chi connectivity index (χ4n) is 1.46. The first kappa shape index (κ1) is 17.6. The molecule has 0 saturated heterocycles. The number of ether oxygens (including phenoxy) is 3. The number of hydrogen-bond donors (Lipinski definition) is 1. The Labute approximate surface area is 130 Å². The molecule has 120 valence electrons. The van der Waals surface area contributed by atoms with Crippen LogP contribution in [0.3, 0.4) is 0 Å². The van der Waals surface area contributed by atoms with E-state index in [0.717, 1.165) is 11.8 Å². The highest BCUT2D eigenvalue weighted by Gasteiger charge is 2.02. The Morgan fingerprint density at radius 2 is 1.86 bits per heavy atom. The molecule has 0 spiro atoms.